The SMILES string of the molecule is Br.Br.C/C(N)=C(/C)CCN. The van der Waals surface area contributed by atoms with Gasteiger partial charge in [-0.15, -0.1) is 34.0 Å². The van der Waals surface area contributed by atoms with E-state index >= 15 is 0 Å². The molecule has 0 aliphatic rings. The minimum atomic E-state index is 0. The van der Waals surface area contributed by atoms with Gasteiger partial charge in [-0.3, -0.25) is 0 Å². The van der Waals surface area contributed by atoms with Crippen molar-refractivity contribution in [1.29, 1.82) is 0 Å². The van der Waals surface area contributed by atoms with E-state index in [0.717, 1.165) is 12.1 Å². The maximum absolute atomic E-state index is 5.45. The summed E-state index contributed by atoms with van der Waals surface area (Å²) in [6.07, 6.45) is 0.919. The van der Waals surface area contributed by atoms with Crippen LogP contribution in [0.5, 0.6) is 0 Å². The van der Waals surface area contributed by atoms with Crippen LogP contribution in [-0.2, 0) is 0 Å². The second-order valence-corrected chi connectivity index (χ2v) is 2.00. The van der Waals surface area contributed by atoms with E-state index in [4.69, 9.17) is 11.5 Å². The fourth-order valence-electron chi connectivity index (χ4n) is 0.414. The van der Waals surface area contributed by atoms with Gasteiger partial charge in [-0.05, 0) is 26.8 Å². The molecule has 0 bridgehead atoms. The van der Waals surface area contributed by atoms with E-state index in [0.29, 0.717) is 6.54 Å². The van der Waals surface area contributed by atoms with Gasteiger partial charge in [-0.1, -0.05) is 5.57 Å². The maximum Gasteiger partial charge on any atom is 0.00384 e. The molecule has 0 aliphatic carbocycles. The van der Waals surface area contributed by atoms with Crippen molar-refractivity contribution in [3.63, 3.8) is 0 Å². The lowest BCUT2D eigenvalue weighted by Crippen LogP contribution is -2.03. The number of allylic oxidation sites excluding steroid dienone is 1. The van der Waals surface area contributed by atoms with Crippen molar-refractivity contribution >= 4 is 34.0 Å². The van der Waals surface area contributed by atoms with Gasteiger partial charge in [0.15, 0.2) is 0 Å². The third-order valence-corrected chi connectivity index (χ3v) is 1.19. The van der Waals surface area contributed by atoms with Crippen LogP contribution >= 0.6 is 34.0 Å². The molecule has 0 atom stereocenters. The summed E-state index contributed by atoms with van der Waals surface area (Å²) in [4.78, 5) is 0. The highest BCUT2D eigenvalue weighted by Crippen LogP contribution is 1.99. The second-order valence-electron chi connectivity index (χ2n) is 2.00. The number of halogens is 2. The molecule has 0 saturated heterocycles. The lowest BCUT2D eigenvalue weighted by atomic mass is 10.2. The third-order valence-electron chi connectivity index (χ3n) is 1.19. The molecule has 0 aromatic rings. The summed E-state index contributed by atoms with van der Waals surface area (Å²) in [5.41, 5.74) is 12.8. The van der Waals surface area contributed by atoms with E-state index in [2.05, 4.69) is 0 Å². The van der Waals surface area contributed by atoms with Crippen molar-refractivity contribution in [3.8, 4) is 0 Å². The van der Waals surface area contributed by atoms with Gasteiger partial charge >= 0.3 is 0 Å². The summed E-state index contributed by atoms with van der Waals surface area (Å²) in [7, 11) is 0. The van der Waals surface area contributed by atoms with E-state index in [1.165, 1.54) is 5.57 Å². The summed E-state index contributed by atoms with van der Waals surface area (Å²) >= 11 is 0. The Labute approximate surface area is 83.6 Å². The Balaban J connectivity index is -0.000000245. The van der Waals surface area contributed by atoms with E-state index < -0.39 is 0 Å². The van der Waals surface area contributed by atoms with Crippen molar-refractivity contribution in [2.24, 2.45) is 11.5 Å². The van der Waals surface area contributed by atoms with Crippen molar-refractivity contribution in [2.45, 2.75) is 20.3 Å². The standard InChI is InChI=1S/C6H14N2.2BrH/c1-5(3-4-7)6(2)8;;/h3-4,7-8H2,1-2H3;2*1H/b6-5+;;. The zero-order chi connectivity index (χ0) is 6.57. The van der Waals surface area contributed by atoms with Crippen LogP contribution in [0.2, 0.25) is 0 Å². The largest absolute Gasteiger partial charge is 0.402 e. The highest BCUT2D eigenvalue weighted by Gasteiger charge is 1.87. The summed E-state index contributed by atoms with van der Waals surface area (Å²) in [5, 5.41) is 0. The van der Waals surface area contributed by atoms with Gasteiger partial charge in [0.05, 0.1) is 0 Å². The molecule has 0 saturated carbocycles. The highest BCUT2D eigenvalue weighted by molar-refractivity contribution is 8.93. The fraction of sp³-hybridized carbons (Fsp3) is 0.667. The van der Waals surface area contributed by atoms with Crippen molar-refractivity contribution in [1.82, 2.24) is 0 Å². The van der Waals surface area contributed by atoms with Gasteiger partial charge in [0.2, 0.25) is 0 Å². The smallest absolute Gasteiger partial charge is 0.00384 e. The van der Waals surface area contributed by atoms with Gasteiger partial charge in [0.1, 0.15) is 0 Å². The van der Waals surface area contributed by atoms with E-state index in [1.54, 1.807) is 0 Å². The minimum absolute atomic E-state index is 0. The molecule has 0 fully saturated rings. The molecule has 0 rings (SSSR count). The van der Waals surface area contributed by atoms with Gasteiger partial charge in [-0.2, -0.15) is 0 Å². The van der Waals surface area contributed by atoms with Crippen LogP contribution in [-0.4, -0.2) is 6.54 Å². The zero-order valence-electron chi connectivity index (χ0n) is 6.39. The van der Waals surface area contributed by atoms with Crippen LogP contribution in [0.15, 0.2) is 11.3 Å². The Hall–Kier alpha value is 0.460. The number of hydrogen-bond donors (Lipinski definition) is 2. The monoisotopic (exact) mass is 274 g/mol. The number of rotatable bonds is 2. The number of hydrogen-bond acceptors (Lipinski definition) is 2. The molecule has 0 heterocycles. The van der Waals surface area contributed by atoms with Gasteiger partial charge in [0.25, 0.3) is 0 Å². The second kappa shape index (κ2) is 9.46. The van der Waals surface area contributed by atoms with E-state index in [1.807, 2.05) is 13.8 Å². The van der Waals surface area contributed by atoms with Crippen LogP contribution in [0.3, 0.4) is 0 Å². The first-order valence-electron chi connectivity index (χ1n) is 2.80. The first-order valence-corrected chi connectivity index (χ1v) is 2.80. The summed E-state index contributed by atoms with van der Waals surface area (Å²) < 4.78 is 0. The quantitative estimate of drug-likeness (QED) is 0.807. The average molecular weight is 276 g/mol. The number of nitrogens with two attached hydrogens (primary N) is 2. The molecule has 0 unspecified atom stereocenters. The van der Waals surface area contributed by atoms with Crippen molar-refractivity contribution in [3.05, 3.63) is 11.3 Å². The van der Waals surface area contributed by atoms with Crippen LogP contribution in [0.25, 0.3) is 0 Å². The van der Waals surface area contributed by atoms with Crippen molar-refractivity contribution < 1.29 is 0 Å². The molecule has 0 aliphatic heterocycles. The van der Waals surface area contributed by atoms with Crippen LogP contribution in [0, 0.1) is 0 Å². The summed E-state index contributed by atoms with van der Waals surface area (Å²) in [6, 6.07) is 0. The van der Waals surface area contributed by atoms with Gasteiger partial charge < -0.3 is 11.5 Å². The lowest BCUT2D eigenvalue weighted by molar-refractivity contribution is 0.927. The Kier molecular flexibility index (Phi) is 15.9. The Bertz CT molecular complexity index is 97.9. The molecule has 0 aromatic carbocycles. The molecule has 64 valence electrons. The van der Waals surface area contributed by atoms with Crippen LogP contribution in [0.1, 0.15) is 20.3 Å². The fourth-order valence-corrected chi connectivity index (χ4v) is 0.414. The summed E-state index contributed by atoms with van der Waals surface area (Å²) in [6.45, 7) is 4.59. The van der Waals surface area contributed by atoms with Gasteiger partial charge in [-0.25, -0.2) is 0 Å². The Morgan fingerprint density at radius 1 is 1.20 bits per heavy atom. The Morgan fingerprint density at radius 2 is 1.60 bits per heavy atom. The predicted molar refractivity (Wildman–Crippen MR) is 56.9 cm³/mol. The predicted octanol–water partition coefficient (Wildman–Crippen LogP) is 1.74. The zero-order valence-corrected chi connectivity index (χ0v) is 9.81. The molecular weight excluding hydrogens is 260 g/mol. The van der Waals surface area contributed by atoms with Crippen LogP contribution < -0.4 is 11.5 Å². The van der Waals surface area contributed by atoms with Gasteiger partial charge in [0, 0.05) is 5.70 Å². The first-order chi connectivity index (χ1) is 3.68. The van der Waals surface area contributed by atoms with E-state index in [9.17, 15) is 0 Å². The summed E-state index contributed by atoms with van der Waals surface area (Å²) in [5.74, 6) is 0. The molecule has 4 N–H and O–H groups in total. The molecule has 2 nitrogen and oxygen atoms in total. The molecule has 10 heavy (non-hydrogen) atoms. The third kappa shape index (κ3) is 8.46. The first kappa shape index (κ1) is 16.8. The topological polar surface area (TPSA) is 52.0 Å². The Morgan fingerprint density at radius 3 is 1.70 bits per heavy atom. The van der Waals surface area contributed by atoms with Crippen LogP contribution in [0.4, 0.5) is 0 Å². The average Bonchev–Trinajstić information content (AvgIpc) is 1.67. The molecule has 0 radical (unpaired) electrons. The molecule has 0 spiro atoms. The molecule has 0 aromatic heterocycles. The maximum atomic E-state index is 5.45. The molecule has 4 heteroatoms. The lowest BCUT2D eigenvalue weighted by Gasteiger charge is -1.98. The van der Waals surface area contributed by atoms with E-state index in [-0.39, 0.29) is 34.0 Å². The minimum Gasteiger partial charge on any atom is -0.402 e. The highest BCUT2D eigenvalue weighted by atomic mass is 79.9. The van der Waals surface area contributed by atoms with Crippen molar-refractivity contribution in [2.75, 3.05) is 6.54 Å². The molecular formula is C6H16Br2N2. The molecule has 0 amide bonds. The normalized spacial score (nSPS) is 10.7.